The summed E-state index contributed by atoms with van der Waals surface area (Å²) in [6.45, 7) is 32.3. The fraction of sp³-hybridized carbons (Fsp3) is 0.528. The molecular formula is C72H94O7. The van der Waals surface area contributed by atoms with Crippen molar-refractivity contribution in [3.63, 3.8) is 0 Å². The van der Waals surface area contributed by atoms with E-state index in [1.807, 2.05) is 20.8 Å². The summed E-state index contributed by atoms with van der Waals surface area (Å²) in [6, 6.07) is 23.5. The topological polar surface area (TPSA) is 75.6 Å². The van der Waals surface area contributed by atoms with Crippen LogP contribution in [0.5, 0.6) is 23.0 Å². The van der Waals surface area contributed by atoms with Crippen molar-refractivity contribution in [1.29, 1.82) is 0 Å². The average Bonchev–Trinajstić information content (AvgIpc) is 3.63. The molecule has 6 aromatic carbocycles. The summed E-state index contributed by atoms with van der Waals surface area (Å²) in [5, 5.41) is 13.6. The molecule has 0 saturated heterocycles. The Morgan fingerprint density at radius 3 is 0.924 bits per heavy atom. The third-order valence-electron chi connectivity index (χ3n) is 18.8. The van der Waals surface area contributed by atoms with Crippen molar-refractivity contribution in [3.05, 3.63) is 161 Å². The van der Waals surface area contributed by atoms with E-state index >= 15 is 0 Å². The van der Waals surface area contributed by atoms with E-state index in [0.717, 1.165) is 106 Å². The quantitative estimate of drug-likeness (QED) is 0.0679. The molecule has 4 atom stereocenters. The number of hydrogen-bond donors (Lipinski definition) is 1. The average molecular weight is 1070 g/mol. The number of fused-ring (bicyclic) bond motifs is 1. The van der Waals surface area contributed by atoms with Crippen molar-refractivity contribution in [1.82, 2.24) is 0 Å². The lowest BCUT2D eigenvalue weighted by Gasteiger charge is -2.30. The number of rotatable bonds is 18. The van der Waals surface area contributed by atoms with Crippen LogP contribution in [0.15, 0.2) is 60.7 Å². The molecular weight excluding hydrogens is 977 g/mol. The molecule has 3 fully saturated rings. The van der Waals surface area contributed by atoms with Gasteiger partial charge in [0.15, 0.2) is 18.9 Å². The van der Waals surface area contributed by atoms with Gasteiger partial charge in [0.2, 0.25) is 0 Å². The molecule has 7 heteroatoms. The molecule has 0 spiro atoms. The Kier molecular flexibility index (Phi) is 18.6. The molecule has 4 unspecified atom stereocenters. The molecule has 0 aromatic heterocycles. The molecule has 0 amide bonds. The Morgan fingerprint density at radius 1 is 0.342 bits per heavy atom. The highest BCUT2D eigenvalue weighted by Gasteiger charge is 2.31. The van der Waals surface area contributed by atoms with Crippen molar-refractivity contribution in [2.75, 3.05) is 0 Å². The van der Waals surface area contributed by atoms with E-state index < -0.39 is 0 Å². The fourth-order valence-electron chi connectivity index (χ4n) is 13.8. The van der Waals surface area contributed by atoms with E-state index in [1.54, 1.807) is 0 Å². The van der Waals surface area contributed by atoms with Gasteiger partial charge in [-0.05, 0) is 253 Å². The van der Waals surface area contributed by atoms with E-state index in [-0.39, 0.29) is 49.0 Å². The zero-order valence-electron chi connectivity index (χ0n) is 50.9. The third kappa shape index (κ3) is 12.8. The summed E-state index contributed by atoms with van der Waals surface area (Å²) < 4.78 is 39.7. The lowest BCUT2D eigenvalue weighted by Crippen LogP contribution is -2.27. The molecule has 0 heterocycles. The second kappa shape index (κ2) is 25.2. The molecule has 424 valence electrons. The molecule has 1 N–H and O–H groups in total. The normalized spacial score (nSPS) is 17.9. The van der Waals surface area contributed by atoms with Crippen molar-refractivity contribution in [3.8, 4) is 23.0 Å². The van der Waals surface area contributed by atoms with Crippen LogP contribution in [0.3, 0.4) is 0 Å². The summed E-state index contributed by atoms with van der Waals surface area (Å²) in [7, 11) is 0. The molecule has 0 aliphatic heterocycles. The summed E-state index contributed by atoms with van der Waals surface area (Å²) in [5.41, 5.74) is 20.7. The minimum atomic E-state index is -0.342. The largest absolute Gasteiger partial charge is 0.507 e. The number of aryl methyl sites for hydroxylation is 4. The molecule has 7 nitrogen and oxygen atoms in total. The smallest absolute Gasteiger partial charge is 0.197 e. The Balaban J connectivity index is 1.13. The first kappa shape index (κ1) is 58.3. The highest BCUT2D eigenvalue weighted by Crippen LogP contribution is 2.47. The molecule has 3 aliphatic carbocycles. The third-order valence-corrected chi connectivity index (χ3v) is 18.8. The highest BCUT2D eigenvalue weighted by atomic mass is 16.7. The number of benzene rings is 6. The van der Waals surface area contributed by atoms with Gasteiger partial charge < -0.3 is 33.5 Å². The van der Waals surface area contributed by atoms with Crippen molar-refractivity contribution in [2.45, 2.75) is 249 Å². The molecule has 3 saturated carbocycles. The molecule has 6 aromatic rings. The second-order valence-electron chi connectivity index (χ2n) is 24.4. The number of hydrogen-bond acceptors (Lipinski definition) is 7. The van der Waals surface area contributed by atoms with Gasteiger partial charge in [-0.25, -0.2) is 0 Å². The van der Waals surface area contributed by atoms with Gasteiger partial charge in [0.1, 0.15) is 23.0 Å². The van der Waals surface area contributed by atoms with Gasteiger partial charge in [0.05, 0.1) is 18.3 Å². The van der Waals surface area contributed by atoms with Crippen LogP contribution in [-0.4, -0.2) is 42.3 Å². The number of phenolic OH excluding ortho intramolecular Hbond substituents is 1. The summed E-state index contributed by atoms with van der Waals surface area (Å²) in [4.78, 5) is 0. The summed E-state index contributed by atoms with van der Waals surface area (Å²) in [6.07, 6.45) is 17.5. The Bertz CT molecular complexity index is 3040. The maximum atomic E-state index is 11.2. The first-order valence-corrected chi connectivity index (χ1v) is 30.4. The van der Waals surface area contributed by atoms with Crippen molar-refractivity contribution in [2.24, 2.45) is 0 Å². The predicted molar refractivity (Wildman–Crippen MR) is 324 cm³/mol. The van der Waals surface area contributed by atoms with Gasteiger partial charge in [0, 0.05) is 11.8 Å². The number of ether oxygens (including phenoxy) is 6. The first-order valence-electron chi connectivity index (χ1n) is 30.4. The zero-order valence-corrected chi connectivity index (χ0v) is 50.9. The van der Waals surface area contributed by atoms with Crippen LogP contribution in [0.2, 0.25) is 0 Å². The lowest BCUT2D eigenvalue weighted by atomic mass is 9.76. The highest BCUT2D eigenvalue weighted by molar-refractivity contribution is 5.85. The van der Waals surface area contributed by atoms with Gasteiger partial charge in [-0.15, -0.1) is 0 Å². The van der Waals surface area contributed by atoms with E-state index in [9.17, 15) is 5.11 Å². The van der Waals surface area contributed by atoms with E-state index in [2.05, 4.69) is 144 Å². The van der Waals surface area contributed by atoms with E-state index in [0.29, 0.717) is 5.75 Å². The number of aromatic hydroxyl groups is 1. The van der Waals surface area contributed by atoms with Crippen LogP contribution in [0.1, 0.15) is 229 Å². The van der Waals surface area contributed by atoms with Gasteiger partial charge in [0.25, 0.3) is 0 Å². The Hall–Kier alpha value is -5.34. The fourth-order valence-corrected chi connectivity index (χ4v) is 13.8. The van der Waals surface area contributed by atoms with Gasteiger partial charge >= 0.3 is 0 Å². The van der Waals surface area contributed by atoms with Crippen molar-refractivity contribution < 1.29 is 33.5 Å². The Labute approximate surface area is 475 Å². The maximum Gasteiger partial charge on any atom is 0.197 e. The summed E-state index contributed by atoms with van der Waals surface area (Å²) >= 11 is 0. The molecule has 0 bridgehead atoms. The zero-order chi connectivity index (χ0) is 56.4. The minimum absolute atomic E-state index is 0.0859. The second-order valence-corrected chi connectivity index (χ2v) is 24.4. The monoisotopic (exact) mass is 1070 g/mol. The Morgan fingerprint density at radius 2 is 0.620 bits per heavy atom. The minimum Gasteiger partial charge on any atom is -0.507 e. The summed E-state index contributed by atoms with van der Waals surface area (Å²) in [5.74, 6) is 2.91. The maximum absolute atomic E-state index is 11.2. The lowest BCUT2D eigenvalue weighted by molar-refractivity contribution is -0.117. The van der Waals surface area contributed by atoms with Crippen LogP contribution >= 0.6 is 0 Å². The molecule has 9 rings (SSSR count). The predicted octanol–water partition coefficient (Wildman–Crippen LogP) is 18.8. The molecule has 0 radical (unpaired) electrons. The van der Waals surface area contributed by atoms with Gasteiger partial charge in [-0.3, -0.25) is 0 Å². The van der Waals surface area contributed by atoms with Crippen LogP contribution in [0.4, 0.5) is 0 Å². The van der Waals surface area contributed by atoms with Crippen LogP contribution in [-0.2, 0) is 14.2 Å². The number of phenols is 1. The van der Waals surface area contributed by atoms with Gasteiger partial charge in [-0.2, -0.15) is 0 Å². The van der Waals surface area contributed by atoms with Crippen LogP contribution < -0.4 is 14.2 Å². The standard InChI is InChI=1S/C72H94O7/c1-41-35-63(45(5)49(9)69(41)73)67(64-36-42(2)70(50(10)46(64)6)77-53(13)74-60-25-19-16-20-26-60)58-33-31-57-40-59(34-32-56(57)39-58)68(65-37-43(3)71(51(11)47(65)7)78-54(14)75-61-27-21-17-22-28-61)66-38-44(4)72(52(12)48(66)8)79-55(15)76-62-29-23-18-24-30-62/h31-40,53-55,60-62,67-68,73H,16-30H2,1-15H3. The SMILES string of the molecule is Cc1cc(C(c2ccc3cc(C(c4cc(C)c(OC(C)OC5CCCCC5)c(C)c4C)c4cc(C)c(OC(C)OC5CCCCC5)c(C)c4C)ccc3c2)c2cc(C)c(OC(C)OC3CCCCC3)c(C)c2C)c(C)c(C)c1O. The molecule has 79 heavy (non-hydrogen) atoms. The van der Waals surface area contributed by atoms with E-state index in [4.69, 9.17) is 28.4 Å². The van der Waals surface area contributed by atoms with Crippen LogP contribution in [0.25, 0.3) is 10.8 Å². The van der Waals surface area contributed by atoms with E-state index in [1.165, 1.54) is 119 Å². The van der Waals surface area contributed by atoms with Crippen LogP contribution in [0, 0.1) is 83.1 Å². The first-order chi connectivity index (χ1) is 37.8. The van der Waals surface area contributed by atoms with Gasteiger partial charge in [-0.1, -0.05) is 118 Å². The van der Waals surface area contributed by atoms with Crippen molar-refractivity contribution >= 4 is 10.8 Å². The molecule has 3 aliphatic rings.